The van der Waals surface area contributed by atoms with Crippen molar-refractivity contribution in [3.05, 3.63) is 29.8 Å². The van der Waals surface area contributed by atoms with Crippen LogP contribution in [0.1, 0.15) is 12.0 Å². The molecule has 1 atom stereocenters. The maximum absolute atomic E-state index is 12.8. The number of hydrogen-bond donors (Lipinski definition) is 0. The smallest absolute Gasteiger partial charge is 0.228 e. The lowest BCUT2D eigenvalue weighted by atomic mass is 10.1. The molecule has 0 bridgehead atoms. The van der Waals surface area contributed by atoms with Gasteiger partial charge in [0.25, 0.3) is 0 Å². The molecule has 0 aliphatic carbocycles. The van der Waals surface area contributed by atoms with Crippen molar-refractivity contribution < 1.29 is 9.59 Å². The van der Waals surface area contributed by atoms with Gasteiger partial charge in [-0.2, -0.15) is 0 Å². The minimum atomic E-state index is -0.171. The molecule has 2 aliphatic rings. The van der Waals surface area contributed by atoms with E-state index >= 15 is 0 Å². The zero-order chi connectivity index (χ0) is 18.7. The summed E-state index contributed by atoms with van der Waals surface area (Å²) in [6.45, 7) is 7.37. The van der Waals surface area contributed by atoms with Crippen LogP contribution in [-0.4, -0.2) is 86.4 Å². The van der Waals surface area contributed by atoms with Crippen LogP contribution in [0.3, 0.4) is 0 Å². The van der Waals surface area contributed by atoms with Crippen LogP contribution in [0.5, 0.6) is 0 Å². The Labute approximate surface area is 156 Å². The molecule has 3 rings (SSSR count). The average molecular weight is 358 g/mol. The number of benzene rings is 1. The highest BCUT2D eigenvalue weighted by Crippen LogP contribution is 2.22. The highest BCUT2D eigenvalue weighted by Gasteiger charge is 2.37. The molecule has 26 heavy (non-hydrogen) atoms. The quantitative estimate of drug-likeness (QED) is 0.790. The highest BCUT2D eigenvalue weighted by atomic mass is 16.2. The molecular formula is C20H30N4O2. The summed E-state index contributed by atoms with van der Waals surface area (Å²) in [4.78, 5) is 33.2. The molecule has 2 aliphatic heterocycles. The summed E-state index contributed by atoms with van der Waals surface area (Å²) in [5.41, 5.74) is 2.48. The molecule has 1 aromatic rings. The van der Waals surface area contributed by atoms with E-state index in [1.54, 1.807) is 0 Å². The minimum Gasteiger partial charge on any atom is -0.368 e. The Bertz CT molecular complexity index is 653. The normalized spacial score (nSPS) is 21.0. The largest absolute Gasteiger partial charge is 0.368 e. The number of hydrogen-bond acceptors (Lipinski definition) is 4. The number of aryl methyl sites for hydroxylation is 1. The van der Waals surface area contributed by atoms with E-state index in [4.69, 9.17) is 0 Å². The Morgan fingerprint density at radius 1 is 1.19 bits per heavy atom. The Morgan fingerprint density at radius 3 is 2.58 bits per heavy atom. The number of rotatable bonds is 5. The van der Waals surface area contributed by atoms with Crippen molar-refractivity contribution in [2.75, 3.05) is 64.8 Å². The van der Waals surface area contributed by atoms with Crippen LogP contribution in [0.4, 0.5) is 5.69 Å². The summed E-state index contributed by atoms with van der Waals surface area (Å²) in [6, 6.07) is 8.50. The zero-order valence-corrected chi connectivity index (χ0v) is 16.1. The Kier molecular flexibility index (Phi) is 5.81. The summed E-state index contributed by atoms with van der Waals surface area (Å²) in [5, 5.41) is 0. The van der Waals surface area contributed by atoms with Crippen molar-refractivity contribution >= 4 is 17.5 Å². The second-order valence-electron chi connectivity index (χ2n) is 7.70. The van der Waals surface area contributed by atoms with Gasteiger partial charge in [-0.25, -0.2) is 0 Å². The van der Waals surface area contributed by atoms with Crippen LogP contribution in [0, 0.1) is 12.8 Å². The van der Waals surface area contributed by atoms with Crippen LogP contribution in [-0.2, 0) is 9.59 Å². The fourth-order valence-corrected chi connectivity index (χ4v) is 3.74. The fraction of sp³-hybridized carbons (Fsp3) is 0.600. The van der Waals surface area contributed by atoms with E-state index in [1.807, 2.05) is 23.9 Å². The van der Waals surface area contributed by atoms with Crippen LogP contribution in [0.25, 0.3) is 0 Å². The van der Waals surface area contributed by atoms with E-state index in [0.29, 0.717) is 19.5 Å². The second kappa shape index (κ2) is 8.08. The SMILES string of the molecule is Cc1cccc(N2CCN(C(=O)C3CC(=O)N(CCN(C)C)C3)CC2)c1. The van der Waals surface area contributed by atoms with Crippen LogP contribution >= 0.6 is 0 Å². The first-order valence-electron chi connectivity index (χ1n) is 9.47. The van der Waals surface area contributed by atoms with Gasteiger partial charge in [-0.3, -0.25) is 9.59 Å². The Morgan fingerprint density at radius 2 is 1.92 bits per heavy atom. The van der Waals surface area contributed by atoms with E-state index in [0.717, 1.165) is 32.7 Å². The first-order valence-corrected chi connectivity index (χ1v) is 9.47. The molecular weight excluding hydrogens is 328 g/mol. The van der Waals surface area contributed by atoms with Gasteiger partial charge in [-0.05, 0) is 38.7 Å². The molecule has 2 saturated heterocycles. The van der Waals surface area contributed by atoms with Crippen molar-refractivity contribution in [2.24, 2.45) is 5.92 Å². The number of nitrogens with zero attached hydrogens (tertiary/aromatic N) is 4. The molecule has 2 fully saturated rings. The number of amides is 2. The third-order valence-corrected chi connectivity index (χ3v) is 5.34. The van der Waals surface area contributed by atoms with Crippen molar-refractivity contribution in [3.8, 4) is 0 Å². The topological polar surface area (TPSA) is 47.1 Å². The molecule has 6 nitrogen and oxygen atoms in total. The molecule has 2 heterocycles. The summed E-state index contributed by atoms with van der Waals surface area (Å²) in [5.74, 6) is 0.0911. The van der Waals surface area contributed by atoms with Crippen molar-refractivity contribution in [1.29, 1.82) is 0 Å². The van der Waals surface area contributed by atoms with Crippen LogP contribution in [0.15, 0.2) is 24.3 Å². The van der Waals surface area contributed by atoms with E-state index in [9.17, 15) is 9.59 Å². The van der Waals surface area contributed by atoms with Crippen LogP contribution < -0.4 is 4.90 Å². The monoisotopic (exact) mass is 358 g/mol. The van der Waals surface area contributed by atoms with Crippen molar-refractivity contribution in [3.63, 3.8) is 0 Å². The summed E-state index contributed by atoms with van der Waals surface area (Å²) >= 11 is 0. The number of piperazine rings is 1. The summed E-state index contributed by atoms with van der Waals surface area (Å²) < 4.78 is 0. The standard InChI is InChI=1S/C20H30N4O2/c1-16-5-4-6-18(13-16)22-9-11-23(12-10-22)20(26)17-14-19(25)24(15-17)8-7-21(2)3/h4-6,13,17H,7-12,14-15H2,1-3H3. The maximum Gasteiger partial charge on any atom is 0.228 e. The first-order chi connectivity index (χ1) is 12.4. The van der Waals surface area contributed by atoms with E-state index < -0.39 is 0 Å². The summed E-state index contributed by atoms with van der Waals surface area (Å²) in [6.07, 6.45) is 0.365. The van der Waals surface area contributed by atoms with Crippen molar-refractivity contribution in [2.45, 2.75) is 13.3 Å². The fourth-order valence-electron chi connectivity index (χ4n) is 3.74. The molecule has 1 aromatic carbocycles. The molecule has 0 N–H and O–H groups in total. The second-order valence-corrected chi connectivity index (χ2v) is 7.70. The number of likely N-dealkylation sites (N-methyl/N-ethyl adjacent to an activating group) is 1. The lowest BCUT2D eigenvalue weighted by molar-refractivity contribution is -0.136. The number of carbonyl (C=O) groups is 2. The maximum atomic E-state index is 12.8. The molecule has 0 spiro atoms. The predicted molar refractivity (Wildman–Crippen MR) is 103 cm³/mol. The zero-order valence-electron chi connectivity index (χ0n) is 16.1. The van der Waals surface area contributed by atoms with Gasteiger partial charge in [-0.15, -0.1) is 0 Å². The van der Waals surface area contributed by atoms with Gasteiger partial charge in [0.05, 0.1) is 5.92 Å². The van der Waals surface area contributed by atoms with E-state index in [-0.39, 0.29) is 17.7 Å². The molecule has 2 amide bonds. The average Bonchev–Trinajstić information content (AvgIpc) is 3.00. The molecule has 0 aromatic heterocycles. The number of anilines is 1. The number of carbonyl (C=O) groups excluding carboxylic acids is 2. The third kappa shape index (κ3) is 4.36. The Hall–Kier alpha value is -2.08. The van der Waals surface area contributed by atoms with Crippen molar-refractivity contribution in [1.82, 2.24) is 14.7 Å². The molecule has 1 unspecified atom stereocenters. The van der Waals surface area contributed by atoms with Gasteiger partial charge < -0.3 is 19.6 Å². The summed E-state index contributed by atoms with van der Waals surface area (Å²) in [7, 11) is 3.99. The minimum absolute atomic E-state index is 0.114. The van der Waals surface area contributed by atoms with Gasteiger partial charge in [0, 0.05) is 57.9 Å². The van der Waals surface area contributed by atoms with Gasteiger partial charge in [0.2, 0.25) is 11.8 Å². The Balaban J connectivity index is 1.51. The van der Waals surface area contributed by atoms with Gasteiger partial charge >= 0.3 is 0 Å². The van der Waals surface area contributed by atoms with Gasteiger partial charge in [0.1, 0.15) is 0 Å². The van der Waals surface area contributed by atoms with E-state index in [2.05, 4.69) is 41.0 Å². The third-order valence-electron chi connectivity index (χ3n) is 5.34. The first kappa shape index (κ1) is 18.7. The van der Waals surface area contributed by atoms with Gasteiger partial charge in [-0.1, -0.05) is 12.1 Å². The molecule has 142 valence electrons. The molecule has 0 saturated carbocycles. The number of likely N-dealkylation sites (tertiary alicyclic amines) is 1. The molecule has 6 heteroatoms. The van der Waals surface area contributed by atoms with Gasteiger partial charge in [0.15, 0.2) is 0 Å². The van der Waals surface area contributed by atoms with E-state index in [1.165, 1.54) is 11.3 Å². The van der Waals surface area contributed by atoms with Crippen LogP contribution in [0.2, 0.25) is 0 Å². The lowest BCUT2D eigenvalue weighted by Crippen LogP contribution is -2.50. The predicted octanol–water partition coefficient (Wildman–Crippen LogP) is 1.05. The molecule has 0 radical (unpaired) electrons. The lowest BCUT2D eigenvalue weighted by Gasteiger charge is -2.37. The highest BCUT2D eigenvalue weighted by molar-refractivity contribution is 5.89.